The Kier molecular flexibility index (Phi) is 4.26. The van der Waals surface area contributed by atoms with Gasteiger partial charge in [0.15, 0.2) is 0 Å². The topological polar surface area (TPSA) is 57.5 Å². The molecule has 0 saturated carbocycles. The first-order chi connectivity index (χ1) is 4.16. The van der Waals surface area contributed by atoms with Gasteiger partial charge in [0.05, 0.1) is 12.7 Å². The number of hydrogen-bond acceptors (Lipinski definition) is 3. The maximum atomic E-state index is 10.3. The fourth-order valence-corrected chi connectivity index (χ4v) is 0.461. The molecule has 0 aromatic rings. The van der Waals surface area contributed by atoms with E-state index in [0.717, 1.165) is 0 Å². The monoisotopic (exact) mass is 132 g/mol. The summed E-state index contributed by atoms with van der Waals surface area (Å²) in [5.41, 5.74) is 0. The average Bonchev–Trinajstić information content (AvgIpc) is 1.83. The Morgan fingerprint density at radius 2 is 2.22 bits per heavy atom. The molecule has 9 heavy (non-hydrogen) atoms. The molecule has 0 saturated heterocycles. The van der Waals surface area contributed by atoms with E-state index in [0.29, 0.717) is 12.8 Å². The minimum Gasteiger partial charge on any atom is -0.394 e. The van der Waals surface area contributed by atoms with Gasteiger partial charge in [-0.3, -0.25) is 0 Å². The number of carbonyl (C=O) groups excluding carboxylic acids is 1. The van der Waals surface area contributed by atoms with Crippen LogP contribution in [0.5, 0.6) is 0 Å². The second kappa shape index (κ2) is 4.47. The van der Waals surface area contributed by atoms with Crippen LogP contribution in [0, 0.1) is 0 Å². The maximum Gasteiger partial charge on any atom is 0.129 e. The third kappa shape index (κ3) is 5.46. The maximum absolute atomic E-state index is 10.3. The number of carbonyl (C=O) groups is 1. The third-order valence-corrected chi connectivity index (χ3v) is 1.04. The molecule has 0 bridgehead atoms. The lowest BCUT2D eigenvalue weighted by Crippen LogP contribution is -2.12. The quantitative estimate of drug-likeness (QED) is 0.552. The van der Waals surface area contributed by atoms with Crippen LogP contribution >= 0.6 is 0 Å². The molecule has 0 aromatic carbocycles. The number of aliphatic hydroxyl groups is 2. The van der Waals surface area contributed by atoms with Crippen molar-refractivity contribution in [1.82, 2.24) is 0 Å². The first kappa shape index (κ1) is 8.59. The predicted molar refractivity (Wildman–Crippen MR) is 33.0 cm³/mol. The summed E-state index contributed by atoms with van der Waals surface area (Å²) in [4.78, 5) is 10.3. The third-order valence-electron chi connectivity index (χ3n) is 1.04. The van der Waals surface area contributed by atoms with Crippen molar-refractivity contribution in [1.29, 1.82) is 0 Å². The van der Waals surface area contributed by atoms with Gasteiger partial charge >= 0.3 is 0 Å². The van der Waals surface area contributed by atoms with Crippen LogP contribution < -0.4 is 0 Å². The first-order valence-electron chi connectivity index (χ1n) is 2.95. The van der Waals surface area contributed by atoms with Gasteiger partial charge in [0.2, 0.25) is 0 Å². The van der Waals surface area contributed by atoms with E-state index in [9.17, 15) is 4.79 Å². The van der Waals surface area contributed by atoms with Gasteiger partial charge in [-0.15, -0.1) is 0 Å². The Hall–Kier alpha value is -0.410. The Balaban J connectivity index is 3.16. The molecule has 0 aliphatic heterocycles. The summed E-state index contributed by atoms with van der Waals surface area (Å²) in [6.07, 6.45) is -0.0120. The van der Waals surface area contributed by atoms with E-state index in [1.165, 1.54) is 6.92 Å². The summed E-state index contributed by atoms with van der Waals surface area (Å²) in [6, 6.07) is 0. The van der Waals surface area contributed by atoms with Crippen LogP contribution in [0.2, 0.25) is 0 Å². The average molecular weight is 132 g/mol. The zero-order chi connectivity index (χ0) is 7.28. The van der Waals surface area contributed by atoms with Gasteiger partial charge in [-0.05, 0) is 13.3 Å². The number of aliphatic hydroxyl groups excluding tert-OH is 2. The smallest absolute Gasteiger partial charge is 0.129 e. The molecule has 0 rings (SSSR count). The van der Waals surface area contributed by atoms with E-state index in [-0.39, 0.29) is 12.4 Å². The van der Waals surface area contributed by atoms with E-state index < -0.39 is 6.10 Å². The number of ketones is 1. The van der Waals surface area contributed by atoms with E-state index in [2.05, 4.69) is 0 Å². The Morgan fingerprint density at radius 3 is 2.56 bits per heavy atom. The summed E-state index contributed by atoms with van der Waals surface area (Å²) in [5, 5.41) is 17.0. The predicted octanol–water partition coefficient (Wildman–Crippen LogP) is -0.291. The molecule has 0 heterocycles. The Morgan fingerprint density at radius 1 is 1.67 bits per heavy atom. The second-order valence-corrected chi connectivity index (χ2v) is 2.08. The van der Waals surface area contributed by atoms with E-state index >= 15 is 0 Å². The lowest BCUT2D eigenvalue weighted by Gasteiger charge is -2.02. The van der Waals surface area contributed by atoms with Crippen molar-refractivity contribution < 1.29 is 15.0 Å². The van der Waals surface area contributed by atoms with Crippen molar-refractivity contribution in [3.63, 3.8) is 0 Å². The molecule has 3 heteroatoms. The molecular formula is C6H12O3. The van der Waals surface area contributed by atoms with Crippen molar-refractivity contribution >= 4 is 5.78 Å². The summed E-state index contributed by atoms with van der Waals surface area (Å²) < 4.78 is 0. The molecule has 0 unspecified atom stereocenters. The fourth-order valence-electron chi connectivity index (χ4n) is 0.461. The molecule has 0 spiro atoms. The molecule has 1 atom stereocenters. The Bertz CT molecular complexity index is 90.3. The highest BCUT2D eigenvalue weighted by atomic mass is 16.3. The van der Waals surface area contributed by atoms with Gasteiger partial charge in [0, 0.05) is 6.42 Å². The van der Waals surface area contributed by atoms with Crippen LogP contribution in [0.4, 0.5) is 0 Å². The highest BCUT2D eigenvalue weighted by Crippen LogP contribution is 1.95. The van der Waals surface area contributed by atoms with Gasteiger partial charge in [0.25, 0.3) is 0 Å². The molecule has 0 amide bonds. The Labute approximate surface area is 54.3 Å². The van der Waals surface area contributed by atoms with Gasteiger partial charge in [-0.25, -0.2) is 0 Å². The minimum absolute atomic E-state index is 0.0440. The zero-order valence-electron chi connectivity index (χ0n) is 5.50. The highest BCUT2D eigenvalue weighted by molar-refractivity contribution is 5.75. The van der Waals surface area contributed by atoms with Gasteiger partial charge in [-0.2, -0.15) is 0 Å². The lowest BCUT2D eigenvalue weighted by atomic mass is 10.2. The molecule has 0 aliphatic rings. The lowest BCUT2D eigenvalue weighted by molar-refractivity contribution is -0.117. The first-order valence-corrected chi connectivity index (χ1v) is 2.95. The van der Waals surface area contributed by atoms with Crippen LogP contribution in [0.3, 0.4) is 0 Å². The van der Waals surface area contributed by atoms with Crippen molar-refractivity contribution in [3.05, 3.63) is 0 Å². The van der Waals surface area contributed by atoms with E-state index in [1.54, 1.807) is 0 Å². The fraction of sp³-hybridized carbons (Fsp3) is 0.833. The molecule has 3 nitrogen and oxygen atoms in total. The second-order valence-electron chi connectivity index (χ2n) is 2.08. The largest absolute Gasteiger partial charge is 0.394 e. The summed E-state index contributed by atoms with van der Waals surface area (Å²) in [7, 11) is 0. The summed E-state index contributed by atoms with van der Waals surface area (Å²) in [5.74, 6) is 0.0440. The molecule has 0 aliphatic carbocycles. The number of Topliss-reactive ketones (excluding diaryl/α,β-unsaturated/α-hetero) is 1. The number of rotatable bonds is 4. The van der Waals surface area contributed by atoms with Crippen LogP contribution in [0.25, 0.3) is 0 Å². The summed E-state index contributed by atoms with van der Waals surface area (Å²) in [6.45, 7) is 1.21. The molecule has 0 fully saturated rings. The minimum atomic E-state index is -0.728. The van der Waals surface area contributed by atoms with Crippen molar-refractivity contribution in [2.45, 2.75) is 25.9 Å². The standard InChI is InChI=1S/C6H12O3/c1-5(8)2-3-6(9)4-7/h6-7,9H,2-4H2,1H3/t6-/m1/s1. The van der Waals surface area contributed by atoms with E-state index in [4.69, 9.17) is 10.2 Å². The van der Waals surface area contributed by atoms with Crippen LogP contribution in [-0.4, -0.2) is 28.7 Å². The highest BCUT2D eigenvalue weighted by Gasteiger charge is 2.02. The van der Waals surface area contributed by atoms with Crippen molar-refractivity contribution in [3.8, 4) is 0 Å². The number of hydrogen-bond donors (Lipinski definition) is 2. The summed E-state index contributed by atoms with van der Waals surface area (Å²) >= 11 is 0. The van der Waals surface area contributed by atoms with Crippen molar-refractivity contribution in [2.24, 2.45) is 0 Å². The molecule has 54 valence electrons. The molecule has 0 radical (unpaired) electrons. The van der Waals surface area contributed by atoms with Gasteiger partial charge in [-0.1, -0.05) is 0 Å². The SMILES string of the molecule is CC(=O)CC[C@@H](O)CO. The van der Waals surface area contributed by atoms with Crippen LogP contribution in [0.15, 0.2) is 0 Å². The molecule has 2 N–H and O–H groups in total. The van der Waals surface area contributed by atoms with Crippen molar-refractivity contribution in [2.75, 3.05) is 6.61 Å². The van der Waals surface area contributed by atoms with Crippen LogP contribution in [0.1, 0.15) is 19.8 Å². The normalized spacial score (nSPS) is 13.2. The van der Waals surface area contributed by atoms with Gasteiger partial charge < -0.3 is 15.0 Å². The van der Waals surface area contributed by atoms with Crippen LogP contribution in [-0.2, 0) is 4.79 Å². The zero-order valence-corrected chi connectivity index (χ0v) is 5.50. The van der Waals surface area contributed by atoms with Gasteiger partial charge in [0.1, 0.15) is 5.78 Å². The van der Waals surface area contributed by atoms with E-state index in [1.807, 2.05) is 0 Å². The molecule has 0 aromatic heterocycles. The molecular weight excluding hydrogens is 120 g/mol.